The lowest BCUT2D eigenvalue weighted by Crippen LogP contribution is -2.46. The highest BCUT2D eigenvalue weighted by atomic mass is 32.2. The number of thiazole rings is 1. The van der Waals surface area contributed by atoms with Crippen molar-refractivity contribution in [3.63, 3.8) is 0 Å². The van der Waals surface area contributed by atoms with Gasteiger partial charge in [-0.2, -0.15) is 0 Å². The highest BCUT2D eigenvalue weighted by molar-refractivity contribution is 7.98. The molecule has 0 N–H and O–H groups in total. The third kappa shape index (κ3) is 7.85. The van der Waals surface area contributed by atoms with Gasteiger partial charge >= 0.3 is 5.97 Å². The Balaban J connectivity index is 1.23. The van der Waals surface area contributed by atoms with Crippen LogP contribution < -0.4 is 14.4 Å². The number of nitrogens with zero attached hydrogens (tertiary/aromatic N) is 3. The number of ether oxygens (including phenoxy) is 3. The van der Waals surface area contributed by atoms with Gasteiger partial charge in [0, 0.05) is 59.5 Å². The van der Waals surface area contributed by atoms with E-state index in [-0.39, 0.29) is 5.97 Å². The highest BCUT2D eigenvalue weighted by Crippen LogP contribution is 2.34. The number of methoxy groups -OCH3 is 1. The van der Waals surface area contributed by atoms with Crippen LogP contribution in [-0.4, -0.2) is 61.9 Å². The van der Waals surface area contributed by atoms with Crippen molar-refractivity contribution in [2.24, 2.45) is 0 Å². The standard InChI is InChI=1S/C33H37N3O4S2/c1-4-39-33(37)24(2)40-28-14-16-29(17-15-28)41-23-31-30(34-32(42-31)25-8-6-5-7-9-25)22-35-18-20-36(21-19-35)26-10-12-27(38-3)13-11-26/h5-17,24H,4,18-23H2,1-3H3. The first-order valence-electron chi connectivity index (χ1n) is 14.2. The summed E-state index contributed by atoms with van der Waals surface area (Å²) >= 11 is 3.57. The van der Waals surface area contributed by atoms with E-state index in [1.807, 2.05) is 42.5 Å². The zero-order valence-corrected chi connectivity index (χ0v) is 26.0. The van der Waals surface area contributed by atoms with E-state index >= 15 is 0 Å². The lowest BCUT2D eigenvalue weighted by Gasteiger charge is -2.36. The molecule has 1 fully saturated rings. The summed E-state index contributed by atoms with van der Waals surface area (Å²) in [4.78, 5) is 24.4. The molecule has 1 aromatic heterocycles. The average molecular weight is 604 g/mol. The molecule has 0 aliphatic carbocycles. The maximum Gasteiger partial charge on any atom is 0.347 e. The number of anilines is 1. The van der Waals surface area contributed by atoms with E-state index in [0.717, 1.165) is 65.4 Å². The van der Waals surface area contributed by atoms with Gasteiger partial charge in [0.2, 0.25) is 0 Å². The Hall–Kier alpha value is -3.53. The third-order valence-corrected chi connectivity index (χ3v) is 9.48. The Morgan fingerprint density at radius 2 is 1.64 bits per heavy atom. The number of esters is 1. The lowest BCUT2D eigenvalue weighted by atomic mass is 10.2. The van der Waals surface area contributed by atoms with Crippen molar-refractivity contribution >= 4 is 34.8 Å². The minimum absolute atomic E-state index is 0.341. The number of rotatable bonds is 12. The Morgan fingerprint density at radius 1 is 0.952 bits per heavy atom. The number of hydrogen-bond donors (Lipinski definition) is 0. The van der Waals surface area contributed by atoms with Gasteiger partial charge in [-0.25, -0.2) is 9.78 Å². The minimum atomic E-state index is -0.641. The fourth-order valence-corrected chi connectivity index (χ4v) is 6.84. The molecule has 0 radical (unpaired) electrons. The van der Waals surface area contributed by atoms with E-state index in [1.54, 1.807) is 44.1 Å². The van der Waals surface area contributed by atoms with Gasteiger partial charge in [0.1, 0.15) is 16.5 Å². The van der Waals surface area contributed by atoms with Crippen LogP contribution in [0.15, 0.2) is 83.8 Å². The molecule has 1 unspecified atom stereocenters. The molecule has 1 aliphatic heterocycles. The Morgan fingerprint density at radius 3 is 2.31 bits per heavy atom. The molecule has 1 aliphatic rings. The summed E-state index contributed by atoms with van der Waals surface area (Å²) in [5.74, 6) is 2.02. The normalized spacial score (nSPS) is 14.4. The molecule has 42 heavy (non-hydrogen) atoms. The number of aromatic nitrogens is 1. The van der Waals surface area contributed by atoms with Gasteiger partial charge in [0.15, 0.2) is 6.10 Å². The zero-order valence-electron chi connectivity index (χ0n) is 24.3. The van der Waals surface area contributed by atoms with Crippen LogP contribution in [0.25, 0.3) is 10.6 Å². The van der Waals surface area contributed by atoms with E-state index < -0.39 is 6.10 Å². The predicted molar refractivity (Wildman–Crippen MR) is 171 cm³/mol. The summed E-state index contributed by atoms with van der Waals surface area (Å²) in [6.07, 6.45) is -0.641. The second-order valence-corrected chi connectivity index (χ2v) is 12.1. The largest absolute Gasteiger partial charge is 0.497 e. The number of benzene rings is 3. The summed E-state index contributed by atoms with van der Waals surface area (Å²) in [6.45, 7) is 8.62. The molecule has 0 saturated carbocycles. The van der Waals surface area contributed by atoms with Gasteiger partial charge < -0.3 is 19.1 Å². The molecule has 2 heterocycles. The Bertz CT molecular complexity index is 1420. The molecule has 4 aromatic rings. The van der Waals surface area contributed by atoms with Gasteiger partial charge in [-0.05, 0) is 62.4 Å². The summed E-state index contributed by atoms with van der Waals surface area (Å²) in [5, 5.41) is 1.06. The van der Waals surface area contributed by atoms with Crippen LogP contribution in [0, 0.1) is 0 Å². The van der Waals surface area contributed by atoms with Crippen molar-refractivity contribution in [1.82, 2.24) is 9.88 Å². The van der Waals surface area contributed by atoms with Crippen molar-refractivity contribution in [3.05, 3.63) is 89.4 Å². The molecule has 9 heteroatoms. The van der Waals surface area contributed by atoms with Crippen LogP contribution in [0.4, 0.5) is 5.69 Å². The van der Waals surface area contributed by atoms with Crippen molar-refractivity contribution in [1.29, 1.82) is 0 Å². The number of carbonyl (C=O) groups is 1. The van der Waals surface area contributed by atoms with E-state index in [4.69, 9.17) is 19.2 Å². The fraction of sp³-hybridized carbons (Fsp3) is 0.333. The van der Waals surface area contributed by atoms with E-state index in [9.17, 15) is 4.79 Å². The quantitative estimate of drug-likeness (QED) is 0.130. The average Bonchev–Trinajstić information content (AvgIpc) is 3.44. The first-order valence-corrected chi connectivity index (χ1v) is 16.0. The highest BCUT2D eigenvalue weighted by Gasteiger charge is 2.21. The van der Waals surface area contributed by atoms with Crippen LogP contribution >= 0.6 is 23.1 Å². The van der Waals surface area contributed by atoms with Crippen LogP contribution in [0.5, 0.6) is 11.5 Å². The van der Waals surface area contributed by atoms with Crippen LogP contribution in [-0.2, 0) is 21.8 Å². The van der Waals surface area contributed by atoms with E-state index in [2.05, 4.69) is 46.2 Å². The maximum absolute atomic E-state index is 11.9. The molecule has 1 saturated heterocycles. The SMILES string of the molecule is CCOC(=O)C(C)Oc1ccc(SCc2sc(-c3ccccc3)nc2CN2CCN(c3ccc(OC)cc3)CC2)cc1. The summed E-state index contributed by atoms with van der Waals surface area (Å²) in [7, 11) is 1.70. The van der Waals surface area contributed by atoms with E-state index in [0.29, 0.717) is 12.4 Å². The topological polar surface area (TPSA) is 64.1 Å². The molecule has 0 bridgehead atoms. The first-order chi connectivity index (χ1) is 20.5. The Labute approximate surface area is 256 Å². The Kier molecular flexibility index (Phi) is 10.4. The van der Waals surface area contributed by atoms with E-state index in [1.165, 1.54) is 10.6 Å². The minimum Gasteiger partial charge on any atom is -0.497 e. The monoisotopic (exact) mass is 603 g/mol. The number of thioether (sulfide) groups is 1. The van der Waals surface area contributed by atoms with Gasteiger partial charge in [-0.15, -0.1) is 23.1 Å². The summed E-state index contributed by atoms with van der Waals surface area (Å²) in [5.41, 5.74) is 3.55. The molecule has 3 aromatic carbocycles. The van der Waals surface area contributed by atoms with Crippen LogP contribution in [0.1, 0.15) is 24.4 Å². The van der Waals surface area contributed by atoms with Crippen LogP contribution in [0.2, 0.25) is 0 Å². The van der Waals surface area contributed by atoms with Crippen molar-refractivity contribution in [2.45, 2.75) is 37.1 Å². The van der Waals surface area contributed by atoms with Crippen molar-refractivity contribution < 1.29 is 19.0 Å². The predicted octanol–water partition coefficient (Wildman–Crippen LogP) is 6.76. The summed E-state index contributed by atoms with van der Waals surface area (Å²) in [6, 6.07) is 26.6. The van der Waals surface area contributed by atoms with Gasteiger partial charge in [0.25, 0.3) is 0 Å². The number of piperazine rings is 1. The molecular weight excluding hydrogens is 567 g/mol. The second-order valence-electron chi connectivity index (χ2n) is 9.99. The molecule has 220 valence electrons. The van der Waals surface area contributed by atoms with Crippen molar-refractivity contribution in [2.75, 3.05) is 44.8 Å². The maximum atomic E-state index is 11.9. The smallest absolute Gasteiger partial charge is 0.347 e. The van der Waals surface area contributed by atoms with Gasteiger partial charge in [-0.1, -0.05) is 30.3 Å². The third-order valence-electron chi connectivity index (χ3n) is 7.11. The fourth-order valence-electron chi connectivity index (χ4n) is 4.77. The molecule has 7 nitrogen and oxygen atoms in total. The number of hydrogen-bond acceptors (Lipinski definition) is 9. The van der Waals surface area contributed by atoms with Gasteiger partial charge in [0.05, 0.1) is 19.4 Å². The van der Waals surface area contributed by atoms with Crippen molar-refractivity contribution in [3.8, 4) is 22.1 Å². The lowest BCUT2D eigenvalue weighted by molar-refractivity contribution is -0.150. The molecule has 0 spiro atoms. The first kappa shape index (κ1) is 29.9. The van der Waals surface area contributed by atoms with Crippen LogP contribution in [0.3, 0.4) is 0 Å². The zero-order chi connectivity index (χ0) is 29.3. The van der Waals surface area contributed by atoms with Gasteiger partial charge in [-0.3, -0.25) is 4.90 Å². The molecule has 0 amide bonds. The molecular formula is C33H37N3O4S2. The molecule has 5 rings (SSSR count). The molecule has 1 atom stereocenters. The second kappa shape index (κ2) is 14.6. The summed E-state index contributed by atoms with van der Waals surface area (Å²) < 4.78 is 16.1. The number of carbonyl (C=O) groups excluding carboxylic acids is 1.